The molecule has 0 bridgehead atoms. The summed E-state index contributed by atoms with van der Waals surface area (Å²) in [4.78, 5) is 12.8. The Hall–Kier alpha value is -1.33. The molecule has 2 aromatic rings. The molecule has 0 aliphatic heterocycles. The summed E-state index contributed by atoms with van der Waals surface area (Å²) in [5.41, 5.74) is 1.21. The van der Waals surface area contributed by atoms with Crippen molar-refractivity contribution in [2.24, 2.45) is 0 Å². The lowest BCUT2D eigenvalue weighted by Gasteiger charge is -2.07. The van der Waals surface area contributed by atoms with E-state index < -0.39 is 0 Å². The van der Waals surface area contributed by atoms with E-state index in [4.69, 9.17) is 4.74 Å². The number of aryl methyl sites for hydroxylation is 1. The maximum Gasteiger partial charge on any atom is 0.258 e. The minimum Gasteiger partial charge on any atom is -0.484 e. The van der Waals surface area contributed by atoms with Gasteiger partial charge in [-0.15, -0.1) is 11.3 Å². The highest BCUT2D eigenvalue weighted by atomic mass is 79.9. The van der Waals surface area contributed by atoms with Crippen molar-refractivity contribution in [2.45, 2.75) is 13.5 Å². The zero-order chi connectivity index (χ0) is 13.7. The van der Waals surface area contributed by atoms with Crippen LogP contribution in [0.3, 0.4) is 0 Å². The topological polar surface area (TPSA) is 38.3 Å². The fourth-order valence-corrected chi connectivity index (χ4v) is 2.60. The number of thiophene rings is 1. The standard InChI is InChI=1S/C14H14BrNO2S/c1-10-6-7-19-13(10)8-16-14(17)9-18-12-4-2-11(15)3-5-12/h2-7H,8-9H2,1H3,(H,16,17). The number of hydrogen-bond acceptors (Lipinski definition) is 3. The van der Waals surface area contributed by atoms with Crippen LogP contribution in [0.5, 0.6) is 5.75 Å². The van der Waals surface area contributed by atoms with Crippen LogP contribution in [0, 0.1) is 6.92 Å². The Bertz CT molecular complexity index is 551. The summed E-state index contributed by atoms with van der Waals surface area (Å²) in [6.07, 6.45) is 0. The van der Waals surface area contributed by atoms with Gasteiger partial charge >= 0.3 is 0 Å². The largest absolute Gasteiger partial charge is 0.484 e. The Balaban J connectivity index is 1.76. The summed E-state index contributed by atoms with van der Waals surface area (Å²) in [5, 5.41) is 4.87. The SMILES string of the molecule is Cc1ccsc1CNC(=O)COc1ccc(Br)cc1. The highest BCUT2D eigenvalue weighted by Crippen LogP contribution is 2.16. The maximum atomic E-state index is 11.6. The van der Waals surface area contributed by atoms with Gasteiger partial charge in [0.25, 0.3) is 5.91 Å². The van der Waals surface area contributed by atoms with Crippen LogP contribution in [-0.2, 0) is 11.3 Å². The van der Waals surface area contributed by atoms with Gasteiger partial charge in [-0.05, 0) is 48.2 Å². The third-order valence-electron chi connectivity index (χ3n) is 2.60. The van der Waals surface area contributed by atoms with Crippen LogP contribution in [-0.4, -0.2) is 12.5 Å². The van der Waals surface area contributed by atoms with Crippen molar-refractivity contribution in [3.8, 4) is 5.75 Å². The monoisotopic (exact) mass is 339 g/mol. The number of amides is 1. The van der Waals surface area contributed by atoms with Gasteiger partial charge in [0, 0.05) is 9.35 Å². The quantitative estimate of drug-likeness (QED) is 0.905. The molecule has 2 rings (SSSR count). The first kappa shape index (κ1) is 14.1. The molecule has 3 nitrogen and oxygen atoms in total. The molecule has 0 saturated carbocycles. The molecule has 0 unspecified atom stereocenters. The highest BCUT2D eigenvalue weighted by molar-refractivity contribution is 9.10. The first-order valence-electron chi connectivity index (χ1n) is 5.83. The van der Waals surface area contributed by atoms with Gasteiger partial charge in [-0.2, -0.15) is 0 Å². The predicted molar refractivity (Wildman–Crippen MR) is 80.5 cm³/mol. The number of hydrogen-bond donors (Lipinski definition) is 1. The van der Waals surface area contributed by atoms with Crippen molar-refractivity contribution < 1.29 is 9.53 Å². The van der Waals surface area contributed by atoms with Gasteiger partial charge in [-0.1, -0.05) is 15.9 Å². The fraction of sp³-hybridized carbons (Fsp3) is 0.214. The van der Waals surface area contributed by atoms with Gasteiger partial charge in [0.05, 0.1) is 6.54 Å². The zero-order valence-electron chi connectivity index (χ0n) is 10.5. The fourth-order valence-electron chi connectivity index (χ4n) is 1.49. The van der Waals surface area contributed by atoms with Gasteiger partial charge in [0.1, 0.15) is 5.75 Å². The molecule has 0 radical (unpaired) electrons. The van der Waals surface area contributed by atoms with E-state index in [1.54, 1.807) is 11.3 Å². The van der Waals surface area contributed by atoms with E-state index in [0.29, 0.717) is 12.3 Å². The number of benzene rings is 1. The maximum absolute atomic E-state index is 11.6. The van der Waals surface area contributed by atoms with Crippen LogP contribution in [0.2, 0.25) is 0 Å². The molecule has 19 heavy (non-hydrogen) atoms. The van der Waals surface area contributed by atoms with Gasteiger partial charge in [0.15, 0.2) is 6.61 Å². The van der Waals surface area contributed by atoms with Crippen LogP contribution in [0.25, 0.3) is 0 Å². The molecule has 1 heterocycles. The van der Waals surface area contributed by atoms with E-state index in [-0.39, 0.29) is 12.5 Å². The lowest BCUT2D eigenvalue weighted by atomic mass is 10.3. The molecule has 0 saturated heterocycles. The van der Waals surface area contributed by atoms with Gasteiger partial charge in [0.2, 0.25) is 0 Å². The molecule has 100 valence electrons. The third-order valence-corrected chi connectivity index (χ3v) is 4.15. The van der Waals surface area contributed by atoms with Crippen LogP contribution in [0.15, 0.2) is 40.2 Å². The Kier molecular flexibility index (Phi) is 4.99. The molecule has 1 amide bonds. The van der Waals surface area contributed by atoms with Crippen LogP contribution < -0.4 is 10.1 Å². The Labute approximate surface area is 124 Å². The summed E-state index contributed by atoms with van der Waals surface area (Å²) in [7, 11) is 0. The summed E-state index contributed by atoms with van der Waals surface area (Å²) >= 11 is 4.99. The Morgan fingerprint density at radius 3 is 2.68 bits per heavy atom. The lowest BCUT2D eigenvalue weighted by molar-refractivity contribution is -0.123. The van der Waals surface area contributed by atoms with Crippen molar-refractivity contribution in [1.29, 1.82) is 0 Å². The number of nitrogens with one attached hydrogen (secondary N) is 1. The minimum atomic E-state index is -0.115. The van der Waals surface area contributed by atoms with E-state index in [1.165, 1.54) is 10.4 Å². The van der Waals surface area contributed by atoms with E-state index in [9.17, 15) is 4.79 Å². The number of halogens is 1. The normalized spacial score (nSPS) is 10.2. The Morgan fingerprint density at radius 1 is 1.32 bits per heavy atom. The second kappa shape index (κ2) is 6.73. The van der Waals surface area contributed by atoms with Crippen molar-refractivity contribution in [3.05, 3.63) is 50.6 Å². The van der Waals surface area contributed by atoms with Crippen LogP contribution in [0.4, 0.5) is 0 Å². The summed E-state index contributed by atoms with van der Waals surface area (Å²) in [5.74, 6) is 0.571. The van der Waals surface area contributed by atoms with E-state index in [2.05, 4.69) is 21.2 Å². The molecular weight excluding hydrogens is 326 g/mol. The molecule has 0 aliphatic rings. The lowest BCUT2D eigenvalue weighted by Crippen LogP contribution is -2.28. The van der Waals surface area contributed by atoms with Crippen LogP contribution in [0.1, 0.15) is 10.4 Å². The van der Waals surface area contributed by atoms with E-state index in [1.807, 2.05) is 42.6 Å². The number of rotatable bonds is 5. The molecule has 0 spiro atoms. The van der Waals surface area contributed by atoms with Gasteiger partial charge in [-0.25, -0.2) is 0 Å². The minimum absolute atomic E-state index is 0.0338. The van der Waals surface area contributed by atoms with Gasteiger partial charge in [-0.3, -0.25) is 4.79 Å². The third kappa shape index (κ3) is 4.36. The number of carbonyl (C=O) groups excluding carboxylic acids is 1. The van der Waals surface area contributed by atoms with Crippen molar-refractivity contribution >= 4 is 33.2 Å². The average Bonchev–Trinajstić information content (AvgIpc) is 2.81. The molecule has 1 aromatic carbocycles. The predicted octanol–water partition coefficient (Wildman–Crippen LogP) is 3.51. The number of ether oxygens (including phenoxy) is 1. The summed E-state index contributed by atoms with van der Waals surface area (Å²) < 4.78 is 6.38. The smallest absolute Gasteiger partial charge is 0.258 e. The van der Waals surface area contributed by atoms with Crippen molar-refractivity contribution in [2.75, 3.05) is 6.61 Å². The molecule has 0 aliphatic carbocycles. The molecule has 0 fully saturated rings. The molecule has 5 heteroatoms. The zero-order valence-corrected chi connectivity index (χ0v) is 12.9. The second-order valence-corrected chi connectivity index (χ2v) is 5.96. The summed E-state index contributed by atoms with van der Waals surface area (Å²) in [6, 6.07) is 9.44. The average molecular weight is 340 g/mol. The van der Waals surface area contributed by atoms with Crippen LogP contribution >= 0.6 is 27.3 Å². The first-order valence-corrected chi connectivity index (χ1v) is 7.50. The van der Waals surface area contributed by atoms with E-state index >= 15 is 0 Å². The van der Waals surface area contributed by atoms with Crippen molar-refractivity contribution in [3.63, 3.8) is 0 Å². The second-order valence-electron chi connectivity index (χ2n) is 4.05. The molecule has 1 aromatic heterocycles. The van der Waals surface area contributed by atoms with Gasteiger partial charge < -0.3 is 10.1 Å². The molecule has 1 N–H and O–H groups in total. The highest BCUT2D eigenvalue weighted by Gasteiger charge is 2.05. The molecular formula is C14H14BrNO2S. The first-order chi connectivity index (χ1) is 9.15. The van der Waals surface area contributed by atoms with E-state index in [0.717, 1.165) is 4.47 Å². The molecule has 0 atom stereocenters. The summed E-state index contributed by atoms with van der Waals surface area (Å²) in [6.45, 7) is 2.63. The Morgan fingerprint density at radius 2 is 2.05 bits per heavy atom. The van der Waals surface area contributed by atoms with Crippen molar-refractivity contribution in [1.82, 2.24) is 5.32 Å². The number of carbonyl (C=O) groups is 1.